The average molecular weight is 210 g/mol. The minimum Gasteiger partial charge on any atom is -0.369 e. The van der Waals surface area contributed by atoms with Gasteiger partial charge in [0.25, 0.3) is 0 Å². The Kier molecular flexibility index (Phi) is 2.33. The minimum atomic E-state index is -0.467. The summed E-state index contributed by atoms with van der Waals surface area (Å²) in [4.78, 5) is 12.4. The molecule has 0 aromatic carbocycles. The van der Waals surface area contributed by atoms with Crippen molar-refractivity contribution < 1.29 is 4.79 Å². The molecule has 4 N–H and O–H groups in total. The third-order valence-corrected chi connectivity index (χ3v) is 4.14. The second kappa shape index (κ2) is 3.37. The third-order valence-electron chi connectivity index (χ3n) is 3.18. The van der Waals surface area contributed by atoms with Crippen molar-refractivity contribution in [2.24, 2.45) is 16.9 Å². The summed E-state index contributed by atoms with van der Waals surface area (Å²) >= 11 is 1.59. The molecule has 1 fully saturated rings. The van der Waals surface area contributed by atoms with Crippen LogP contribution >= 0.6 is 11.3 Å². The van der Waals surface area contributed by atoms with Gasteiger partial charge in [-0.2, -0.15) is 0 Å². The molecular weight excluding hydrogens is 196 g/mol. The standard InChI is InChI=1S/C10H14N2OS/c11-8(7-3-1-6-14-7)10(9(12)13)4-2-5-10/h1,3,6,8H,2,4-5,11H2,(H2,12,13). The highest BCUT2D eigenvalue weighted by Gasteiger charge is 2.48. The molecule has 0 radical (unpaired) electrons. The number of rotatable bonds is 3. The summed E-state index contributed by atoms with van der Waals surface area (Å²) in [6, 6.07) is 3.71. The Balaban J connectivity index is 2.25. The Bertz CT molecular complexity index is 330. The molecule has 14 heavy (non-hydrogen) atoms. The highest BCUT2D eigenvalue weighted by Crippen LogP contribution is 2.49. The molecular formula is C10H14N2OS. The number of hydrogen-bond donors (Lipinski definition) is 2. The number of amides is 1. The van der Waals surface area contributed by atoms with Crippen LogP contribution in [0.3, 0.4) is 0 Å². The van der Waals surface area contributed by atoms with E-state index >= 15 is 0 Å². The van der Waals surface area contributed by atoms with Crippen LogP contribution in [0.15, 0.2) is 17.5 Å². The van der Waals surface area contributed by atoms with E-state index in [2.05, 4.69) is 0 Å². The normalized spacial score (nSPS) is 21.2. The lowest BCUT2D eigenvalue weighted by molar-refractivity contribution is -0.134. The van der Waals surface area contributed by atoms with Crippen molar-refractivity contribution in [2.45, 2.75) is 25.3 Å². The molecule has 1 aromatic rings. The molecule has 1 amide bonds. The summed E-state index contributed by atoms with van der Waals surface area (Å²) in [5.74, 6) is -0.246. The molecule has 1 aromatic heterocycles. The SMILES string of the molecule is NC(=O)C1(C(N)c2cccs2)CCC1. The monoisotopic (exact) mass is 210 g/mol. The zero-order valence-corrected chi connectivity index (χ0v) is 8.72. The Morgan fingerprint density at radius 2 is 2.29 bits per heavy atom. The van der Waals surface area contributed by atoms with Crippen LogP contribution in [0.1, 0.15) is 30.2 Å². The molecule has 0 bridgehead atoms. The number of nitrogens with two attached hydrogens (primary N) is 2. The van der Waals surface area contributed by atoms with Crippen molar-refractivity contribution in [2.75, 3.05) is 0 Å². The first-order valence-corrected chi connectivity index (χ1v) is 5.64. The summed E-state index contributed by atoms with van der Waals surface area (Å²) in [6.45, 7) is 0. The van der Waals surface area contributed by atoms with Gasteiger partial charge in [-0.1, -0.05) is 12.5 Å². The molecule has 0 aliphatic heterocycles. The first kappa shape index (κ1) is 9.68. The van der Waals surface area contributed by atoms with Gasteiger partial charge < -0.3 is 11.5 Å². The topological polar surface area (TPSA) is 69.1 Å². The average Bonchev–Trinajstić information content (AvgIpc) is 2.51. The highest BCUT2D eigenvalue weighted by molar-refractivity contribution is 7.10. The second-order valence-electron chi connectivity index (χ2n) is 3.87. The highest BCUT2D eigenvalue weighted by atomic mass is 32.1. The van der Waals surface area contributed by atoms with E-state index in [4.69, 9.17) is 11.5 Å². The van der Waals surface area contributed by atoms with Gasteiger partial charge in [-0.05, 0) is 24.3 Å². The maximum absolute atomic E-state index is 11.4. The van der Waals surface area contributed by atoms with Gasteiger partial charge >= 0.3 is 0 Å². The van der Waals surface area contributed by atoms with E-state index in [1.807, 2.05) is 17.5 Å². The lowest BCUT2D eigenvalue weighted by atomic mass is 9.63. The number of carbonyl (C=O) groups is 1. The second-order valence-corrected chi connectivity index (χ2v) is 4.85. The maximum atomic E-state index is 11.4. The van der Waals surface area contributed by atoms with Gasteiger partial charge in [0, 0.05) is 4.88 Å². The predicted molar refractivity (Wildman–Crippen MR) is 56.7 cm³/mol. The van der Waals surface area contributed by atoms with Gasteiger partial charge in [0.2, 0.25) is 5.91 Å². The summed E-state index contributed by atoms with van der Waals surface area (Å²) in [7, 11) is 0. The van der Waals surface area contributed by atoms with Gasteiger partial charge in [0.1, 0.15) is 0 Å². The number of carbonyl (C=O) groups excluding carboxylic acids is 1. The van der Waals surface area contributed by atoms with Gasteiger partial charge in [-0.15, -0.1) is 11.3 Å². The van der Waals surface area contributed by atoms with Gasteiger partial charge in [0.15, 0.2) is 0 Å². The van der Waals surface area contributed by atoms with Crippen LogP contribution in [0.25, 0.3) is 0 Å². The summed E-state index contributed by atoms with van der Waals surface area (Å²) in [6.07, 6.45) is 2.73. The third kappa shape index (κ3) is 1.26. The van der Waals surface area contributed by atoms with E-state index in [9.17, 15) is 4.79 Å². The fourth-order valence-corrected chi connectivity index (χ4v) is 2.85. The van der Waals surface area contributed by atoms with Crippen LogP contribution in [0.5, 0.6) is 0 Å². The Hall–Kier alpha value is -0.870. The van der Waals surface area contributed by atoms with E-state index in [0.717, 1.165) is 24.1 Å². The van der Waals surface area contributed by atoms with Gasteiger partial charge in [0.05, 0.1) is 11.5 Å². The number of thiophene rings is 1. The number of primary amides is 1. The lowest BCUT2D eigenvalue weighted by Crippen LogP contribution is -2.49. The van der Waals surface area contributed by atoms with Gasteiger partial charge in [-0.3, -0.25) is 4.79 Å². The zero-order valence-electron chi connectivity index (χ0n) is 7.90. The van der Waals surface area contributed by atoms with E-state index in [1.54, 1.807) is 11.3 Å². The van der Waals surface area contributed by atoms with E-state index in [0.29, 0.717) is 0 Å². The van der Waals surface area contributed by atoms with Crippen LogP contribution in [0.2, 0.25) is 0 Å². The summed E-state index contributed by atoms with van der Waals surface area (Å²) in [5, 5.41) is 1.97. The van der Waals surface area contributed by atoms with Gasteiger partial charge in [-0.25, -0.2) is 0 Å². The largest absolute Gasteiger partial charge is 0.369 e. The molecule has 1 aliphatic carbocycles. The van der Waals surface area contributed by atoms with Crippen molar-refractivity contribution in [1.29, 1.82) is 0 Å². The Labute approximate surface area is 87.1 Å². The molecule has 1 unspecified atom stereocenters. The van der Waals surface area contributed by atoms with Crippen LogP contribution in [0, 0.1) is 5.41 Å². The van der Waals surface area contributed by atoms with Crippen molar-refractivity contribution in [3.63, 3.8) is 0 Å². The van der Waals surface area contributed by atoms with E-state index in [-0.39, 0.29) is 11.9 Å². The summed E-state index contributed by atoms with van der Waals surface area (Å²) < 4.78 is 0. The summed E-state index contributed by atoms with van der Waals surface area (Å²) in [5.41, 5.74) is 11.0. The number of hydrogen-bond acceptors (Lipinski definition) is 3. The molecule has 0 spiro atoms. The molecule has 1 atom stereocenters. The molecule has 4 heteroatoms. The Morgan fingerprint density at radius 3 is 2.64 bits per heavy atom. The van der Waals surface area contributed by atoms with Crippen molar-refractivity contribution in [3.05, 3.63) is 22.4 Å². The molecule has 1 heterocycles. The van der Waals surface area contributed by atoms with Crippen molar-refractivity contribution in [3.8, 4) is 0 Å². The smallest absolute Gasteiger partial charge is 0.225 e. The quantitative estimate of drug-likeness (QED) is 0.791. The van der Waals surface area contributed by atoms with Crippen LogP contribution < -0.4 is 11.5 Å². The van der Waals surface area contributed by atoms with Crippen LogP contribution in [0.4, 0.5) is 0 Å². The van der Waals surface area contributed by atoms with E-state index in [1.165, 1.54) is 0 Å². The maximum Gasteiger partial charge on any atom is 0.225 e. The van der Waals surface area contributed by atoms with E-state index < -0.39 is 5.41 Å². The van der Waals surface area contributed by atoms with Crippen molar-refractivity contribution >= 4 is 17.2 Å². The lowest BCUT2D eigenvalue weighted by Gasteiger charge is -2.43. The molecule has 1 aliphatic rings. The van der Waals surface area contributed by atoms with Crippen LogP contribution in [-0.4, -0.2) is 5.91 Å². The predicted octanol–water partition coefficient (Wildman–Crippen LogP) is 1.40. The molecule has 1 saturated carbocycles. The molecule has 3 nitrogen and oxygen atoms in total. The molecule has 2 rings (SSSR count). The minimum absolute atomic E-state index is 0.214. The fourth-order valence-electron chi connectivity index (χ4n) is 2.01. The molecule has 0 saturated heterocycles. The van der Waals surface area contributed by atoms with Crippen molar-refractivity contribution in [1.82, 2.24) is 0 Å². The first-order valence-electron chi connectivity index (χ1n) is 4.76. The van der Waals surface area contributed by atoms with Crippen LogP contribution in [-0.2, 0) is 4.79 Å². The Morgan fingerprint density at radius 1 is 1.57 bits per heavy atom. The fraction of sp³-hybridized carbons (Fsp3) is 0.500. The first-order chi connectivity index (χ1) is 6.67. The molecule has 76 valence electrons. The zero-order chi connectivity index (χ0) is 10.2.